The molecule has 0 aliphatic rings. The van der Waals surface area contributed by atoms with E-state index < -0.39 is 0 Å². The number of hydrogen-bond donors (Lipinski definition) is 0. The summed E-state index contributed by atoms with van der Waals surface area (Å²) in [5.74, 6) is -0.452. The number of benzene rings is 2. The first-order valence-electron chi connectivity index (χ1n) is 6.11. The third-order valence-electron chi connectivity index (χ3n) is 3.10. The molecular weight excluding hydrogens is 230 g/mol. The summed E-state index contributed by atoms with van der Waals surface area (Å²) in [7, 11) is 0. The van der Waals surface area contributed by atoms with Crippen LogP contribution in [0.4, 0.5) is 8.78 Å². The van der Waals surface area contributed by atoms with Crippen LogP contribution in [0.15, 0.2) is 36.4 Å². The smallest absolute Gasteiger partial charge is 0.127 e. The third-order valence-corrected chi connectivity index (χ3v) is 3.10. The molecule has 0 amide bonds. The molecule has 0 aromatic heterocycles. The molecular formula is C16H16F2. The Hall–Kier alpha value is -1.70. The van der Waals surface area contributed by atoms with Crippen molar-refractivity contribution in [2.75, 3.05) is 0 Å². The van der Waals surface area contributed by atoms with Crippen molar-refractivity contribution in [3.8, 4) is 0 Å². The zero-order valence-corrected chi connectivity index (χ0v) is 10.6. The lowest BCUT2D eigenvalue weighted by Crippen LogP contribution is -1.92. The van der Waals surface area contributed by atoms with Gasteiger partial charge in [-0.05, 0) is 72.9 Å². The highest BCUT2D eigenvalue weighted by molar-refractivity contribution is 5.84. The van der Waals surface area contributed by atoms with Crippen LogP contribution >= 0.6 is 0 Å². The second kappa shape index (κ2) is 5.30. The van der Waals surface area contributed by atoms with Crippen molar-refractivity contribution in [3.05, 3.63) is 59.2 Å². The molecule has 0 aliphatic carbocycles. The Bertz CT molecular complexity index is 598. The van der Waals surface area contributed by atoms with E-state index in [0.29, 0.717) is 17.5 Å². The van der Waals surface area contributed by atoms with Crippen molar-refractivity contribution in [2.45, 2.75) is 26.7 Å². The zero-order chi connectivity index (χ0) is 13.1. The number of aryl methyl sites for hydroxylation is 2. The van der Waals surface area contributed by atoms with Crippen LogP contribution in [-0.2, 0) is 6.42 Å². The van der Waals surface area contributed by atoms with E-state index in [-0.39, 0.29) is 11.6 Å². The molecule has 0 radical (unpaired) electrons. The van der Waals surface area contributed by atoms with E-state index in [4.69, 9.17) is 0 Å². The summed E-state index contributed by atoms with van der Waals surface area (Å²) in [6, 6.07) is 6.40. The van der Waals surface area contributed by atoms with Gasteiger partial charge in [-0.2, -0.15) is 0 Å². The molecule has 2 heteroatoms. The molecule has 2 aromatic carbocycles. The largest absolute Gasteiger partial charge is 0.207 e. The second-order valence-corrected chi connectivity index (χ2v) is 4.50. The summed E-state index contributed by atoms with van der Waals surface area (Å²) in [6.45, 7) is 3.63. The lowest BCUT2D eigenvalue weighted by Gasteiger charge is -2.06. The van der Waals surface area contributed by atoms with Gasteiger partial charge < -0.3 is 0 Å². The topological polar surface area (TPSA) is 0 Å². The Morgan fingerprint density at radius 1 is 1.00 bits per heavy atom. The van der Waals surface area contributed by atoms with Crippen LogP contribution in [-0.4, -0.2) is 0 Å². The summed E-state index contributed by atoms with van der Waals surface area (Å²) in [5, 5.41) is 1.51. The summed E-state index contributed by atoms with van der Waals surface area (Å²) < 4.78 is 27.3. The maximum absolute atomic E-state index is 13.9. The highest BCUT2D eigenvalue weighted by Gasteiger charge is 2.06. The molecule has 0 bridgehead atoms. The van der Waals surface area contributed by atoms with E-state index in [0.717, 1.165) is 17.2 Å². The Labute approximate surface area is 106 Å². The molecule has 0 fully saturated rings. The summed E-state index contributed by atoms with van der Waals surface area (Å²) in [6.07, 6.45) is 5.39. The number of halogens is 2. The molecule has 2 rings (SSSR count). The Kier molecular flexibility index (Phi) is 3.75. The fourth-order valence-corrected chi connectivity index (χ4v) is 2.05. The highest BCUT2D eigenvalue weighted by atomic mass is 19.1. The van der Waals surface area contributed by atoms with E-state index >= 15 is 0 Å². The van der Waals surface area contributed by atoms with Crippen LogP contribution in [0.5, 0.6) is 0 Å². The first-order valence-corrected chi connectivity index (χ1v) is 6.11. The van der Waals surface area contributed by atoms with Crippen LogP contribution < -0.4 is 0 Å². The minimum absolute atomic E-state index is 0.210. The summed E-state index contributed by atoms with van der Waals surface area (Å²) >= 11 is 0. The lowest BCUT2D eigenvalue weighted by molar-refractivity contribution is 0.610. The number of allylic oxidation sites excluding steroid dienone is 2. The monoisotopic (exact) mass is 246 g/mol. The van der Waals surface area contributed by atoms with Crippen molar-refractivity contribution < 1.29 is 8.78 Å². The fraction of sp³-hybridized carbons (Fsp3) is 0.250. The van der Waals surface area contributed by atoms with Crippen molar-refractivity contribution >= 4 is 10.8 Å². The maximum atomic E-state index is 13.9. The van der Waals surface area contributed by atoms with Gasteiger partial charge in [0.05, 0.1) is 0 Å². The van der Waals surface area contributed by atoms with Crippen LogP contribution in [0.25, 0.3) is 10.8 Å². The molecule has 0 heterocycles. The highest BCUT2D eigenvalue weighted by Crippen LogP contribution is 2.23. The van der Waals surface area contributed by atoms with Gasteiger partial charge in [-0.1, -0.05) is 12.2 Å². The molecule has 0 saturated heterocycles. The molecule has 0 spiro atoms. The Morgan fingerprint density at radius 3 is 2.39 bits per heavy atom. The van der Waals surface area contributed by atoms with E-state index in [2.05, 4.69) is 0 Å². The van der Waals surface area contributed by atoms with E-state index in [9.17, 15) is 8.78 Å². The van der Waals surface area contributed by atoms with Gasteiger partial charge in [0.25, 0.3) is 0 Å². The van der Waals surface area contributed by atoms with Crippen LogP contribution in [0.2, 0.25) is 0 Å². The van der Waals surface area contributed by atoms with Crippen LogP contribution in [0.3, 0.4) is 0 Å². The Morgan fingerprint density at radius 2 is 1.67 bits per heavy atom. The molecule has 0 atom stereocenters. The van der Waals surface area contributed by atoms with E-state index in [1.807, 2.05) is 19.1 Å². The quantitative estimate of drug-likeness (QED) is 0.673. The predicted octanol–water partition coefficient (Wildman–Crippen LogP) is 4.94. The van der Waals surface area contributed by atoms with Crippen LogP contribution in [0, 0.1) is 18.6 Å². The maximum Gasteiger partial charge on any atom is 0.127 e. The average Bonchev–Trinajstić information content (AvgIpc) is 2.33. The van der Waals surface area contributed by atoms with Gasteiger partial charge >= 0.3 is 0 Å². The first kappa shape index (κ1) is 12.7. The van der Waals surface area contributed by atoms with Crippen molar-refractivity contribution in [1.82, 2.24) is 0 Å². The van der Waals surface area contributed by atoms with Crippen molar-refractivity contribution in [2.24, 2.45) is 0 Å². The molecule has 94 valence electrons. The van der Waals surface area contributed by atoms with E-state index in [1.165, 1.54) is 12.1 Å². The number of hydrogen-bond acceptors (Lipinski definition) is 0. The van der Waals surface area contributed by atoms with Gasteiger partial charge in [-0.25, -0.2) is 8.78 Å². The fourth-order valence-electron chi connectivity index (χ4n) is 2.05. The number of rotatable bonds is 3. The standard InChI is InChI=1S/C16H16F2/c1-3-4-5-6-12-8-14-9-15(17)11(2)7-13(14)10-16(12)18/h3-4,7-10H,5-6H2,1-2H3. The summed E-state index contributed by atoms with van der Waals surface area (Å²) in [5.41, 5.74) is 1.19. The average molecular weight is 246 g/mol. The van der Waals surface area contributed by atoms with Gasteiger partial charge in [0, 0.05) is 0 Å². The SMILES string of the molecule is CC=CCCc1cc2cc(F)c(C)cc2cc1F. The van der Waals surface area contributed by atoms with Gasteiger partial charge in [0.2, 0.25) is 0 Å². The van der Waals surface area contributed by atoms with Crippen molar-refractivity contribution in [3.63, 3.8) is 0 Å². The van der Waals surface area contributed by atoms with Gasteiger partial charge in [0.1, 0.15) is 11.6 Å². The van der Waals surface area contributed by atoms with Gasteiger partial charge in [-0.3, -0.25) is 0 Å². The minimum Gasteiger partial charge on any atom is -0.207 e. The van der Waals surface area contributed by atoms with E-state index in [1.54, 1.807) is 19.1 Å². The molecule has 0 aliphatic heterocycles. The normalized spacial score (nSPS) is 11.6. The molecule has 0 unspecified atom stereocenters. The Balaban J connectivity index is 2.44. The van der Waals surface area contributed by atoms with Gasteiger partial charge in [0.15, 0.2) is 0 Å². The molecule has 0 nitrogen and oxygen atoms in total. The predicted molar refractivity (Wildman–Crippen MR) is 71.7 cm³/mol. The molecule has 18 heavy (non-hydrogen) atoms. The van der Waals surface area contributed by atoms with Gasteiger partial charge in [-0.15, -0.1) is 0 Å². The summed E-state index contributed by atoms with van der Waals surface area (Å²) in [4.78, 5) is 0. The first-order chi connectivity index (χ1) is 8.61. The second-order valence-electron chi connectivity index (χ2n) is 4.50. The minimum atomic E-state index is -0.242. The molecule has 0 saturated carbocycles. The van der Waals surface area contributed by atoms with Crippen LogP contribution in [0.1, 0.15) is 24.5 Å². The van der Waals surface area contributed by atoms with Crippen molar-refractivity contribution in [1.29, 1.82) is 0 Å². The molecule has 2 aromatic rings. The number of fused-ring (bicyclic) bond motifs is 1. The lowest BCUT2D eigenvalue weighted by atomic mass is 10.0. The molecule has 0 N–H and O–H groups in total. The third kappa shape index (κ3) is 2.58. The zero-order valence-electron chi connectivity index (χ0n) is 10.6.